The van der Waals surface area contributed by atoms with E-state index in [4.69, 9.17) is 0 Å². The van der Waals surface area contributed by atoms with Crippen LogP contribution >= 0.6 is 11.8 Å². The van der Waals surface area contributed by atoms with Gasteiger partial charge in [-0.15, -0.1) is 0 Å². The lowest BCUT2D eigenvalue weighted by Gasteiger charge is -2.04. The summed E-state index contributed by atoms with van der Waals surface area (Å²) in [6, 6.07) is 0. The Balaban J connectivity index is 3.09. The summed E-state index contributed by atoms with van der Waals surface area (Å²) in [5, 5.41) is 12.2. The maximum Gasteiger partial charge on any atom is 0.435 e. The smallest absolute Gasteiger partial charge is 0.435 e. The van der Waals surface area contributed by atoms with Crippen molar-refractivity contribution in [2.75, 3.05) is 0 Å². The SMILES string of the molecule is CC(=O)SCc1c(C(F)(F)F)nn(C)c1O. The molecule has 16 heavy (non-hydrogen) atoms. The lowest BCUT2D eigenvalue weighted by atomic mass is 10.2. The fourth-order valence-electron chi connectivity index (χ4n) is 1.09. The third-order valence-corrected chi connectivity index (χ3v) is 2.64. The van der Waals surface area contributed by atoms with E-state index in [-0.39, 0.29) is 16.4 Å². The average molecular weight is 254 g/mol. The van der Waals surface area contributed by atoms with Crippen molar-refractivity contribution in [2.24, 2.45) is 7.05 Å². The van der Waals surface area contributed by atoms with Gasteiger partial charge >= 0.3 is 6.18 Å². The number of hydrogen-bond donors (Lipinski definition) is 1. The van der Waals surface area contributed by atoms with E-state index in [1.165, 1.54) is 14.0 Å². The Morgan fingerprint density at radius 1 is 1.56 bits per heavy atom. The summed E-state index contributed by atoms with van der Waals surface area (Å²) < 4.78 is 38.2. The third-order valence-electron chi connectivity index (χ3n) is 1.80. The van der Waals surface area contributed by atoms with Crippen LogP contribution in [-0.2, 0) is 23.8 Å². The molecule has 0 amide bonds. The number of thioether (sulfide) groups is 1. The summed E-state index contributed by atoms with van der Waals surface area (Å²) in [6.07, 6.45) is -4.63. The summed E-state index contributed by atoms with van der Waals surface area (Å²) in [5.74, 6) is -0.815. The number of aromatic nitrogens is 2. The van der Waals surface area contributed by atoms with E-state index in [9.17, 15) is 23.1 Å². The van der Waals surface area contributed by atoms with Gasteiger partial charge in [-0.3, -0.25) is 4.79 Å². The molecule has 0 fully saturated rings. The van der Waals surface area contributed by atoms with E-state index >= 15 is 0 Å². The predicted octanol–water partition coefficient (Wildman–Crippen LogP) is 1.92. The summed E-state index contributed by atoms with van der Waals surface area (Å²) in [6.45, 7) is 1.24. The van der Waals surface area contributed by atoms with Crippen molar-refractivity contribution in [3.8, 4) is 5.88 Å². The number of halogens is 3. The number of rotatable bonds is 2. The van der Waals surface area contributed by atoms with Gasteiger partial charge in [0.1, 0.15) is 0 Å². The molecule has 1 heterocycles. The maximum absolute atomic E-state index is 12.5. The van der Waals surface area contributed by atoms with Gasteiger partial charge in [0.15, 0.2) is 10.8 Å². The molecular formula is C8H9F3N2O2S. The highest BCUT2D eigenvalue weighted by molar-refractivity contribution is 8.12. The average Bonchev–Trinajstić information content (AvgIpc) is 2.40. The van der Waals surface area contributed by atoms with Crippen molar-refractivity contribution in [3.05, 3.63) is 11.3 Å². The highest BCUT2D eigenvalue weighted by Crippen LogP contribution is 2.36. The number of hydrogen-bond acceptors (Lipinski definition) is 4. The molecule has 90 valence electrons. The minimum Gasteiger partial charge on any atom is -0.493 e. The molecule has 0 spiro atoms. The maximum atomic E-state index is 12.5. The zero-order chi connectivity index (χ0) is 12.5. The highest BCUT2D eigenvalue weighted by atomic mass is 32.2. The summed E-state index contributed by atoms with van der Waals surface area (Å²) in [5.41, 5.74) is -1.52. The fourth-order valence-corrected chi connectivity index (χ4v) is 1.71. The standard InChI is InChI=1S/C8H9F3N2O2S/c1-4(14)16-3-5-6(8(9,10)11)12-13(2)7(5)15/h15H,3H2,1-2H3. The van der Waals surface area contributed by atoms with Crippen LogP contribution in [0.5, 0.6) is 5.88 Å². The largest absolute Gasteiger partial charge is 0.493 e. The Morgan fingerprint density at radius 3 is 2.56 bits per heavy atom. The number of alkyl halides is 3. The van der Waals surface area contributed by atoms with Gasteiger partial charge in [0.05, 0.1) is 5.56 Å². The molecule has 0 bridgehead atoms. The Kier molecular flexibility index (Phi) is 3.51. The van der Waals surface area contributed by atoms with Crippen LogP contribution in [0.25, 0.3) is 0 Å². The van der Waals surface area contributed by atoms with Gasteiger partial charge in [-0.05, 0) is 0 Å². The van der Waals surface area contributed by atoms with Gasteiger partial charge in [-0.2, -0.15) is 18.3 Å². The van der Waals surface area contributed by atoms with Crippen molar-refractivity contribution in [2.45, 2.75) is 18.9 Å². The molecule has 8 heteroatoms. The van der Waals surface area contributed by atoms with Crippen LogP contribution in [0.1, 0.15) is 18.2 Å². The van der Waals surface area contributed by atoms with Crippen molar-refractivity contribution >= 4 is 16.9 Å². The molecule has 1 aromatic heterocycles. The van der Waals surface area contributed by atoms with Crippen LogP contribution in [-0.4, -0.2) is 20.0 Å². The molecule has 0 radical (unpaired) electrons. The number of carbonyl (C=O) groups is 1. The van der Waals surface area contributed by atoms with Crippen molar-refractivity contribution in [3.63, 3.8) is 0 Å². The molecule has 0 saturated carbocycles. The van der Waals surface area contributed by atoms with E-state index < -0.39 is 17.8 Å². The van der Waals surface area contributed by atoms with Crippen LogP contribution in [0.15, 0.2) is 0 Å². The molecule has 0 unspecified atom stereocenters. The van der Waals surface area contributed by atoms with Gasteiger partial charge in [-0.25, -0.2) is 4.68 Å². The second-order valence-electron chi connectivity index (χ2n) is 3.05. The number of aromatic hydroxyl groups is 1. The van der Waals surface area contributed by atoms with Gasteiger partial charge < -0.3 is 5.11 Å². The van der Waals surface area contributed by atoms with Crippen LogP contribution in [0.3, 0.4) is 0 Å². The first-order chi connectivity index (χ1) is 7.23. The van der Waals surface area contributed by atoms with Crippen LogP contribution in [0.4, 0.5) is 13.2 Å². The van der Waals surface area contributed by atoms with E-state index in [0.29, 0.717) is 11.8 Å². The molecule has 0 aliphatic carbocycles. The first-order valence-electron chi connectivity index (χ1n) is 4.19. The van der Waals surface area contributed by atoms with Crippen molar-refractivity contribution in [1.29, 1.82) is 0 Å². The van der Waals surface area contributed by atoms with Crippen molar-refractivity contribution < 1.29 is 23.1 Å². The highest BCUT2D eigenvalue weighted by Gasteiger charge is 2.38. The summed E-state index contributed by atoms with van der Waals surface area (Å²) >= 11 is 0.690. The second-order valence-corrected chi connectivity index (χ2v) is 4.20. The molecule has 1 rings (SSSR count). The number of carbonyl (C=O) groups excluding carboxylic acids is 1. The molecule has 0 aliphatic heterocycles. The zero-order valence-electron chi connectivity index (χ0n) is 8.50. The first-order valence-corrected chi connectivity index (χ1v) is 5.17. The Labute approximate surface area is 93.4 Å². The monoisotopic (exact) mass is 254 g/mol. The predicted molar refractivity (Wildman–Crippen MR) is 51.9 cm³/mol. The van der Waals surface area contributed by atoms with Gasteiger partial charge in [0.2, 0.25) is 5.88 Å². The number of nitrogens with zero attached hydrogens (tertiary/aromatic N) is 2. The minimum atomic E-state index is -4.63. The van der Waals surface area contributed by atoms with E-state index in [2.05, 4.69) is 5.10 Å². The summed E-state index contributed by atoms with van der Waals surface area (Å²) in [7, 11) is 1.20. The molecular weight excluding hydrogens is 245 g/mol. The third kappa shape index (κ3) is 2.69. The second kappa shape index (κ2) is 4.36. The first kappa shape index (κ1) is 12.9. The zero-order valence-corrected chi connectivity index (χ0v) is 9.32. The molecule has 0 saturated heterocycles. The Bertz CT molecular complexity index is 414. The minimum absolute atomic E-state index is 0.246. The van der Waals surface area contributed by atoms with Gasteiger partial charge in [-0.1, -0.05) is 11.8 Å². The van der Waals surface area contributed by atoms with Gasteiger partial charge in [0, 0.05) is 19.7 Å². The van der Waals surface area contributed by atoms with E-state index in [1.54, 1.807) is 0 Å². The summed E-state index contributed by atoms with van der Waals surface area (Å²) in [4.78, 5) is 10.7. The van der Waals surface area contributed by atoms with Gasteiger partial charge in [0.25, 0.3) is 0 Å². The Morgan fingerprint density at radius 2 is 2.12 bits per heavy atom. The fraction of sp³-hybridized carbons (Fsp3) is 0.500. The molecule has 0 atom stereocenters. The number of aryl methyl sites for hydroxylation is 1. The Hall–Kier alpha value is -1.18. The van der Waals surface area contributed by atoms with Crippen LogP contribution in [0.2, 0.25) is 0 Å². The quantitative estimate of drug-likeness (QED) is 0.876. The van der Waals surface area contributed by atoms with E-state index in [0.717, 1.165) is 4.68 Å². The lowest BCUT2D eigenvalue weighted by molar-refractivity contribution is -0.142. The molecule has 4 nitrogen and oxygen atoms in total. The normalized spacial score (nSPS) is 11.8. The topological polar surface area (TPSA) is 55.1 Å². The molecule has 0 aliphatic rings. The van der Waals surface area contributed by atoms with Crippen LogP contribution < -0.4 is 0 Å². The van der Waals surface area contributed by atoms with Crippen molar-refractivity contribution in [1.82, 2.24) is 9.78 Å². The van der Waals surface area contributed by atoms with E-state index in [1.807, 2.05) is 0 Å². The van der Waals surface area contributed by atoms with Crippen LogP contribution in [0, 0.1) is 0 Å². The lowest BCUT2D eigenvalue weighted by Crippen LogP contribution is -2.09. The molecule has 1 aromatic rings. The molecule has 1 N–H and O–H groups in total. The molecule has 0 aromatic carbocycles.